The average Bonchev–Trinajstić information content (AvgIpc) is 2.04. The Kier molecular flexibility index (Phi) is 3.98. The molecule has 1 aromatic heterocycles. The van der Waals surface area contributed by atoms with Gasteiger partial charge in [0.05, 0.1) is 5.56 Å². The van der Waals surface area contributed by atoms with Gasteiger partial charge >= 0.3 is 11.7 Å². The van der Waals surface area contributed by atoms with E-state index in [0.29, 0.717) is 6.07 Å². The van der Waals surface area contributed by atoms with Crippen LogP contribution in [0.4, 0.5) is 26.3 Å². The molecule has 0 saturated heterocycles. The number of alkyl halides is 6. The lowest BCUT2D eigenvalue weighted by atomic mass is 10.3. The van der Waals surface area contributed by atoms with Crippen LogP contribution in [0.15, 0.2) is 17.3 Å². The summed E-state index contributed by atoms with van der Waals surface area (Å²) < 4.78 is 73.2. The number of rotatable bonds is 1. The van der Waals surface area contributed by atoms with Crippen molar-refractivity contribution in [3.8, 4) is 0 Å². The van der Waals surface area contributed by atoms with Crippen LogP contribution in [0, 0.1) is 3.57 Å². The number of nitrogens with zero attached hydrogens (tertiary/aromatic N) is 1. The van der Waals surface area contributed by atoms with Gasteiger partial charge in [0.25, 0.3) is 0 Å². The van der Waals surface area contributed by atoms with E-state index in [2.05, 4.69) is 4.98 Å². The summed E-state index contributed by atoms with van der Waals surface area (Å²) in [5.74, 6) is 0. The van der Waals surface area contributed by atoms with Crippen molar-refractivity contribution in [3.05, 3.63) is 21.4 Å². The molecule has 0 aliphatic rings. The zero-order valence-electron chi connectivity index (χ0n) is 7.16. The van der Waals surface area contributed by atoms with Crippen molar-refractivity contribution in [2.45, 2.75) is 16.7 Å². The average molecular weight is 373 g/mol. The molecule has 90 valence electrons. The molecule has 1 nitrogen and oxygen atoms in total. The van der Waals surface area contributed by atoms with Crippen molar-refractivity contribution in [1.82, 2.24) is 4.98 Å². The van der Waals surface area contributed by atoms with Gasteiger partial charge in [-0.2, -0.15) is 26.3 Å². The molecule has 0 bridgehead atoms. The topological polar surface area (TPSA) is 12.9 Å². The molecule has 0 radical (unpaired) electrons. The van der Waals surface area contributed by atoms with E-state index in [0.717, 1.165) is 6.20 Å². The van der Waals surface area contributed by atoms with Crippen LogP contribution in [0.25, 0.3) is 0 Å². The van der Waals surface area contributed by atoms with Crippen LogP contribution >= 0.6 is 34.4 Å². The van der Waals surface area contributed by atoms with Gasteiger partial charge in [0.15, 0.2) is 0 Å². The molecule has 9 heteroatoms. The molecule has 0 amide bonds. The smallest absolute Gasteiger partial charge is 0.248 e. The molecular formula is C7H2F6INS. The predicted octanol–water partition coefficient (Wildman–Crippen LogP) is 4.32. The van der Waals surface area contributed by atoms with Crippen molar-refractivity contribution in [3.63, 3.8) is 0 Å². The summed E-state index contributed by atoms with van der Waals surface area (Å²) in [7, 11) is 0. The van der Waals surface area contributed by atoms with Crippen molar-refractivity contribution in [2.75, 3.05) is 0 Å². The van der Waals surface area contributed by atoms with Crippen LogP contribution in [0.2, 0.25) is 0 Å². The molecule has 0 aromatic carbocycles. The van der Waals surface area contributed by atoms with E-state index in [1.807, 2.05) is 0 Å². The van der Waals surface area contributed by atoms with Gasteiger partial charge < -0.3 is 0 Å². The molecule has 1 rings (SSSR count). The Morgan fingerprint density at radius 2 is 1.69 bits per heavy atom. The third-order valence-corrected chi connectivity index (χ3v) is 2.68. The lowest BCUT2D eigenvalue weighted by Gasteiger charge is -2.12. The molecule has 1 aromatic rings. The van der Waals surface area contributed by atoms with Gasteiger partial charge in [0, 0.05) is 21.5 Å². The molecule has 1 heterocycles. The highest BCUT2D eigenvalue weighted by atomic mass is 127. The number of halogens is 7. The normalized spacial score (nSPS) is 12.9. The number of hydrogen-bond acceptors (Lipinski definition) is 2. The Labute approximate surface area is 104 Å². The molecule has 0 aliphatic heterocycles. The third-order valence-electron chi connectivity index (χ3n) is 1.34. The molecule has 0 spiro atoms. The van der Waals surface area contributed by atoms with Gasteiger partial charge in [-0.3, -0.25) is 0 Å². The molecule has 0 N–H and O–H groups in total. The van der Waals surface area contributed by atoms with E-state index in [4.69, 9.17) is 0 Å². The molecule has 0 saturated carbocycles. The maximum Gasteiger partial charge on any atom is 0.447 e. The van der Waals surface area contributed by atoms with E-state index >= 15 is 0 Å². The van der Waals surface area contributed by atoms with Crippen molar-refractivity contribution < 1.29 is 26.3 Å². The Morgan fingerprint density at radius 3 is 2.12 bits per heavy atom. The maximum absolute atomic E-state index is 12.4. The summed E-state index contributed by atoms with van der Waals surface area (Å²) in [6.07, 6.45) is -3.90. The first-order valence-electron chi connectivity index (χ1n) is 3.58. The van der Waals surface area contributed by atoms with Crippen molar-refractivity contribution >= 4 is 34.4 Å². The summed E-state index contributed by atoms with van der Waals surface area (Å²) >= 11 is 0.675. The van der Waals surface area contributed by atoms with Crippen LogP contribution in [0.1, 0.15) is 5.56 Å². The Hall–Kier alpha value is -0.190. The van der Waals surface area contributed by atoms with Crippen LogP contribution in [0.3, 0.4) is 0 Å². The zero-order valence-corrected chi connectivity index (χ0v) is 10.1. The van der Waals surface area contributed by atoms with E-state index in [1.54, 1.807) is 22.6 Å². The Morgan fingerprint density at radius 1 is 1.12 bits per heavy atom. The maximum atomic E-state index is 12.4. The number of hydrogen-bond donors (Lipinski definition) is 0. The van der Waals surface area contributed by atoms with Gasteiger partial charge in [0.2, 0.25) is 0 Å². The quantitative estimate of drug-likeness (QED) is 0.413. The predicted molar refractivity (Wildman–Crippen MR) is 53.9 cm³/mol. The van der Waals surface area contributed by atoms with Gasteiger partial charge in [0.1, 0.15) is 5.03 Å². The molecule has 0 unspecified atom stereocenters. The van der Waals surface area contributed by atoms with E-state index in [1.165, 1.54) is 0 Å². The second kappa shape index (κ2) is 4.59. The number of aromatic nitrogens is 1. The Bertz CT molecular complexity index is 387. The summed E-state index contributed by atoms with van der Waals surface area (Å²) in [4.78, 5) is 3.15. The molecule has 0 aliphatic carbocycles. The summed E-state index contributed by atoms with van der Waals surface area (Å²) in [5, 5.41) is -1.08. The standard InChI is InChI=1S/C7H2F6INS/c8-6(9,10)4-1-3(14)2-15-5(4)16-7(11,12)13/h1-2H. The van der Waals surface area contributed by atoms with E-state index < -0.39 is 34.0 Å². The van der Waals surface area contributed by atoms with Crippen molar-refractivity contribution in [2.24, 2.45) is 0 Å². The first-order chi connectivity index (χ1) is 7.09. The van der Waals surface area contributed by atoms with Crippen molar-refractivity contribution in [1.29, 1.82) is 0 Å². The lowest BCUT2D eigenvalue weighted by Crippen LogP contribution is -2.11. The summed E-state index contributed by atoms with van der Waals surface area (Å²) in [5.41, 5.74) is -6.17. The Balaban J connectivity index is 3.19. The minimum atomic E-state index is -4.85. The summed E-state index contributed by atoms with van der Waals surface area (Å²) in [6, 6.07) is 0.627. The minimum absolute atomic E-state index is 0.122. The highest BCUT2D eigenvalue weighted by molar-refractivity contribution is 14.1. The molecule has 0 fully saturated rings. The second-order valence-electron chi connectivity index (χ2n) is 2.55. The van der Waals surface area contributed by atoms with E-state index in [9.17, 15) is 26.3 Å². The third kappa shape index (κ3) is 4.00. The van der Waals surface area contributed by atoms with Gasteiger partial charge in [-0.05, 0) is 28.7 Å². The monoisotopic (exact) mass is 373 g/mol. The highest BCUT2D eigenvalue weighted by Gasteiger charge is 2.39. The van der Waals surface area contributed by atoms with E-state index in [-0.39, 0.29) is 3.57 Å². The first kappa shape index (κ1) is 13.9. The fourth-order valence-corrected chi connectivity index (χ4v) is 1.88. The lowest BCUT2D eigenvalue weighted by molar-refractivity contribution is -0.140. The van der Waals surface area contributed by atoms with Gasteiger partial charge in [-0.15, -0.1) is 0 Å². The summed E-state index contributed by atoms with van der Waals surface area (Å²) in [6.45, 7) is 0. The second-order valence-corrected chi connectivity index (χ2v) is 4.85. The fourth-order valence-electron chi connectivity index (χ4n) is 0.821. The number of thioether (sulfide) groups is 1. The van der Waals surface area contributed by atoms with Gasteiger partial charge in [-0.1, -0.05) is 0 Å². The SMILES string of the molecule is FC(F)(F)Sc1ncc(I)cc1C(F)(F)F. The van der Waals surface area contributed by atoms with Crippen LogP contribution in [-0.2, 0) is 6.18 Å². The van der Waals surface area contributed by atoms with Crippen LogP contribution in [0.5, 0.6) is 0 Å². The molecule has 0 atom stereocenters. The highest BCUT2D eigenvalue weighted by Crippen LogP contribution is 2.42. The molecular weight excluding hydrogens is 371 g/mol. The molecule has 16 heavy (non-hydrogen) atoms. The zero-order chi connectivity index (χ0) is 12.6. The first-order valence-corrected chi connectivity index (χ1v) is 5.47. The van der Waals surface area contributed by atoms with Gasteiger partial charge in [-0.25, -0.2) is 4.98 Å². The largest absolute Gasteiger partial charge is 0.447 e. The minimum Gasteiger partial charge on any atom is -0.248 e. The van der Waals surface area contributed by atoms with Crippen LogP contribution < -0.4 is 0 Å². The fraction of sp³-hybridized carbons (Fsp3) is 0.286. The number of pyridine rings is 1. The van der Waals surface area contributed by atoms with Crippen LogP contribution in [-0.4, -0.2) is 10.5 Å².